The largest absolute Gasteiger partial charge is 0.299 e. The number of nitrogens with one attached hydrogen (secondary N) is 1. The highest BCUT2D eigenvalue weighted by molar-refractivity contribution is 7.91. The molecule has 8 heteroatoms. The Labute approximate surface area is 132 Å². The van der Waals surface area contributed by atoms with Gasteiger partial charge in [0.05, 0.1) is 28.8 Å². The number of hydrogen-bond donors (Lipinski definition) is 1. The minimum Gasteiger partial charge on any atom is -0.299 e. The van der Waals surface area contributed by atoms with E-state index < -0.39 is 15.7 Å². The van der Waals surface area contributed by atoms with Crippen molar-refractivity contribution in [1.29, 1.82) is 0 Å². The Balaban J connectivity index is 1.93. The van der Waals surface area contributed by atoms with Gasteiger partial charge < -0.3 is 0 Å². The van der Waals surface area contributed by atoms with E-state index in [0.717, 1.165) is 0 Å². The molecule has 0 amide bonds. The van der Waals surface area contributed by atoms with Crippen LogP contribution in [0.5, 0.6) is 0 Å². The molecule has 2 aromatic rings. The van der Waals surface area contributed by atoms with Crippen molar-refractivity contribution in [2.45, 2.75) is 19.4 Å². The number of para-hydroxylation sites is 1. The van der Waals surface area contributed by atoms with E-state index in [0.29, 0.717) is 17.7 Å². The van der Waals surface area contributed by atoms with Gasteiger partial charge in [-0.1, -0.05) is 12.1 Å². The molecular formula is C15H16FN3O3S. The minimum atomic E-state index is -3.09. The second-order valence-electron chi connectivity index (χ2n) is 5.59. The number of aromatic amines is 1. The smallest absolute Gasteiger partial charge is 0.275 e. The minimum absolute atomic E-state index is 0.0449. The number of halogens is 1. The normalized spacial score (nSPS) is 20.3. The molecule has 0 bridgehead atoms. The number of aromatic nitrogens is 2. The third-order valence-electron chi connectivity index (χ3n) is 3.90. The first-order valence-corrected chi connectivity index (χ1v) is 8.99. The molecule has 6 nitrogen and oxygen atoms in total. The standard InChI is InChI=1S/C15H16FN3O3S/c1-10-12(8-17-14-5-3-2-4-13(14)16)15(20)19(18-10)11-6-7-23(21,22)9-11/h2-5,8,11,18H,6-7,9H2,1H3. The van der Waals surface area contributed by atoms with Crippen molar-refractivity contribution in [3.63, 3.8) is 0 Å². The zero-order valence-corrected chi connectivity index (χ0v) is 13.3. The molecule has 0 saturated carbocycles. The van der Waals surface area contributed by atoms with Crippen LogP contribution in [0, 0.1) is 12.7 Å². The van der Waals surface area contributed by atoms with Crippen molar-refractivity contribution in [2.75, 3.05) is 11.5 Å². The van der Waals surface area contributed by atoms with Gasteiger partial charge in [-0.2, -0.15) is 0 Å². The van der Waals surface area contributed by atoms with Crippen LogP contribution in [0.2, 0.25) is 0 Å². The summed E-state index contributed by atoms with van der Waals surface area (Å²) in [5.41, 5.74) is 0.670. The van der Waals surface area contributed by atoms with Gasteiger partial charge in [-0.25, -0.2) is 17.5 Å². The number of hydrogen-bond acceptors (Lipinski definition) is 4. The summed E-state index contributed by atoms with van der Waals surface area (Å²) in [6.45, 7) is 1.70. The summed E-state index contributed by atoms with van der Waals surface area (Å²) in [4.78, 5) is 16.5. The predicted octanol–water partition coefficient (Wildman–Crippen LogP) is 1.73. The van der Waals surface area contributed by atoms with Crippen molar-refractivity contribution in [2.24, 2.45) is 4.99 Å². The fourth-order valence-electron chi connectivity index (χ4n) is 2.66. The molecule has 1 saturated heterocycles. The van der Waals surface area contributed by atoms with Gasteiger partial charge in [0, 0.05) is 11.9 Å². The van der Waals surface area contributed by atoms with Gasteiger partial charge in [0.25, 0.3) is 5.56 Å². The molecule has 23 heavy (non-hydrogen) atoms. The Morgan fingerprint density at radius 3 is 2.78 bits per heavy atom. The van der Waals surface area contributed by atoms with Gasteiger partial charge in [0.15, 0.2) is 9.84 Å². The number of aryl methyl sites for hydroxylation is 1. The lowest BCUT2D eigenvalue weighted by atomic mass is 10.2. The maximum Gasteiger partial charge on any atom is 0.275 e. The van der Waals surface area contributed by atoms with Crippen LogP contribution in [0.1, 0.15) is 23.7 Å². The number of rotatable bonds is 3. The molecular weight excluding hydrogens is 321 g/mol. The van der Waals surface area contributed by atoms with Gasteiger partial charge >= 0.3 is 0 Å². The monoisotopic (exact) mass is 337 g/mol. The average Bonchev–Trinajstić information content (AvgIpc) is 2.99. The Kier molecular flexibility index (Phi) is 3.93. The van der Waals surface area contributed by atoms with Crippen molar-refractivity contribution in [3.8, 4) is 0 Å². The predicted molar refractivity (Wildman–Crippen MR) is 85.8 cm³/mol. The molecule has 0 spiro atoms. The van der Waals surface area contributed by atoms with Crippen LogP contribution in [0.4, 0.5) is 10.1 Å². The molecule has 1 aromatic carbocycles. The highest BCUT2D eigenvalue weighted by Crippen LogP contribution is 2.22. The van der Waals surface area contributed by atoms with Crippen molar-refractivity contribution < 1.29 is 12.8 Å². The molecule has 122 valence electrons. The number of aliphatic imine (C=N–C) groups is 1. The zero-order valence-electron chi connectivity index (χ0n) is 12.5. The highest BCUT2D eigenvalue weighted by atomic mass is 32.2. The SMILES string of the molecule is Cc1[nH]n(C2CCS(=O)(=O)C2)c(=O)c1C=Nc1ccccc1F. The third kappa shape index (κ3) is 3.12. The number of sulfone groups is 1. The molecule has 1 N–H and O–H groups in total. The van der Waals surface area contributed by atoms with Gasteiger partial charge in [-0.15, -0.1) is 0 Å². The van der Waals surface area contributed by atoms with Crippen LogP contribution < -0.4 is 5.56 Å². The Morgan fingerprint density at radius 1 is 1.39 bits per heavy atom. The maximum atomic E-state index is 13.6. The summed E-state index contributed by atoms with van der Waals surface area (Å²) in [6, 6.07) is 5.63. The first kappa shape index (κ1) is 15.7. The van der Waals surface area contributed by atoms with E-state index in [9.17, 15) is 17.6 Å². The van der Waals surface area contributed by atoms with Crippen LogP contribution in [-0.4, -0.2) is 35.9 Å². The summed E-state index contributed by atoms with van der Waals surface area (Å²) in [5, 5.41) is 2.90. The van der Waals surface area contributed by atoms with E-state index in [2.05, 4.69) is 10.1 Å². The second kappa shape index (κ2) is 5.77. The van der Waals surface area contributed by atoms with Crippen molar-refractivity contribution >= 4 is 21.7 Å². The lowest BCUT2D eigenvalue weighted by molar-refractivity contribution is 0.483. The van der Waals surface area contributed by atoms with Gasteiger partial charge in [-0.3, -0.25) is 14.9 Å². The molecule has 1 aromatic heterocycles. The first-order valence-electron chi connectivity index (χ1n) is 7.17. The van der Waals surface area contributed by atoms with E-state index >= 15 is 0 Å². The van der Waals surface area contributed by atoms with E-state index in [1.807, 2.05) is 0 Å². The fourth-order valence-corrected chi connectivity index (χ4v) is 4.36. The second-order valence-corrected chi connectivity index (χ2v) is 7.82. The van der Waals surface area contributed by atoms with Crippen molar-refractivity contribution in [3.05, 3.63) is 51.7 Å². The van der Waals surface area contributed by atoms with Crippen LogP contribution in [-0.2, 0) is 9.84 Å². The average molecular weight is 337 g/mol. The molecule has 0 radical (unpaired) electrons. The van der Waals surface area contributed by atoms with E-state index in [4.69, 9.17) is 0 Å². The molecule has 1 aliphatic heterocycles. The molecule has 1 unspecified atom stereocenters. The molecule has 2 heterocycles. The number of nitrogens with zero attached hydrogens (tertiary/aromatic N) is 2. The van der Waals surface area contributed by atoms with E-state index in [1.165, 1.54) is 23.0 Å². The number of H-pyrrole nitrogens is 1. The van der Waals surface area contributed by atoms with E-state index in [1.54, 1.807) is 19.1 Å². The quantitative estimate of drug-likeness (QED) is 0.866. The van der Waals surface area contributed by atoms with Gasteiger partial charge in [0.1, 0.15) is 5.82 Å². The summed E-state index contributed by atoms with van der Waals surface area (Å²) in [5.74, 6) is -0.434. The van der Waals surface area contributed by atoms with Crippen LogP contribution in [0.15, 0.2) is 34.1 Å². The Hall–Kier alpha value is -2.22. The summed E-state index contributed by atoms with van der Waals surface area (Å²) in [7, 11) is -3.09. The van der Waals surface area contributed by atoms with Crippen LogP contribution >= 0.6 is 0 Å². The van der Waals surface area contributed by atoms with Crippen molar-refractivity contribution in [1.82, 2.24) is 9.78 Å². The first-order chi connectivity index (χ1) is 10.9. The molecule has 1 fully saturated rings. The zero-order chi connectivity index (χ0) is 16.6. The third-order valence-corrected chi connectivity index (χ3v) is 5.65. The molecule has 0 aliphatic carbocycles. The van der Waals surface area contributed by atoms with Crippen LogP contribution in [0.3, 0.4) is 0 Å². The topological polar surface area (TPSA) is 84.3 Å². The lowest BCUT2D eigenvalue weighted by Gasteiger charge is -2.07. The lowest BCUT2D eigenvalue weighted by Crippen LogP contribution is -2.25. The van der Waals surface area contributed by atoms with Gasteiger partial charge in [0.2, 0.25) is 0 Å². The molecule has 1 atom stereocenters. The Bertz CT molecular complexity index is 928. The molecule has 3 rings (SSSR count). The maximum absolute atomic E-state index is 13.6. The summed E-state index contributed by atoms with van der Waals surface area (Å²) in [6.07, 6.45) is 1.72. The van der Waals surface area contributed by atoms with E-state index in [-0.39, 0.29) is 28.8 Å². The molecule has 1 aliphatic rings. The Morgan fingerprint density at radius 2 is 2.13 bits per heavy atom. The summed E-state index contributed by atoms with van der Waals surface area (Å²) < 4.78 is 38.0. The van der Waals surface area contributed by atoms with Gasteiger partial charge in [-0.05, 0) is 25.5 Å². The summed E-state index contributed by atoms with van der Waals surface area (Å²) >= 11 is 0. The highest BCUT2D eigenvalue weighted by Gasteiger charge is 2.31. The number of benzene rings is 1. The fraction of sp³-hybridized carbons (Fsp3) is 0.333. The van der Waals surface area contributed by atoms with Crippen LogP contribution in [0.25, 0.3) is 0 Å².